The number of benzene rings is 1. The first-order chi connectivity index (χ1) is 14.1. The molecule has 0 aliphatic carbocycles. The molecular weight excluding hydrogens is 388 g/mol. The van der Waals surface area contributed by atoms with E-state index in [1.54, 1.807) is 7.05 Å². The van der Waals surface area contributed by atoms with E-state index >= 15 is 0 Å². The second kappa shape index (κ2) is 12.1. The smallest absolute Gasteiger partial charge is 0.313 e. The number of unbranched alkanes of at least 4 members (excludes halogenated alkanes) is 1. The molecule has 0 aliphatic heterocycles. The van der Waals surface area contributed by atoms with Crippen molar-refractivity contribution in [2.24, 2.45) is 9.98 Å². The van der Waals surface area contributed by atoms with Gasteiger partial charge in [0.2, 0.25) is 0 Å². The van der Waals surface area contributed by atoms with Crippen molar-refractivity contribution in [3.8, 4) is 17.1 Å². The number of nitrogens with zero attached hydrogens (tertiary/aromatic N) is 2. The largest absolute Gasteiger partial charge is 0.494 e. The molecule has 7 heteroatoms. The Morgan fingerprint density at radius 2 is 2.03 bits per heavy atom. The number of aliphatic imine (C=N–C) groups is 2. The van der Waals surface area contributed by atoms with Crippen LogP contribution in [-0.4, -0.2) is 41.4 Å². The Balaban J connectivity index is 2.26. The minimum absolute atomic E-state index is 0.0782. The molecule has 2 rings (SSSR count). The zero-order chi connectivity index (χ0) is 21.1. The van der Waals surface area contributed by atoms with E-state index in [1.807, 2.05) is 36.4 Å². The summed E-state index contributed by atoms with van der Waals surface area (Å²) in [6, 6.07) is 11.6. The van der Waals surface area contributed by atoms with Gasteiger partial charge in [-0.2, -0.15) is 0 Å². The van der Waals surface area contributed by atoms with Crippen LogP contribution in [0.4, 0.5) is 0 Å². The predicted molar refractivity (Wildman–Crippen MR) is 119 cm³/mol. The van der Waals surface area contributed by atoms with Gasteiger partial charge in [0, 0.05) is 12.6 Å². The number of carboxylic acid groups (broad SMARTS) is 1. The number of ether oxygens (including phenoxy) is 1. The Hall–Kier alpha value is -2.54. The molecule has 0 aliphatic rings. The number of hydrogen-bond donors (Lipinski definition) is 1. The standard InChI is InChI=1S/C22H28N2O4S/c1-4-6-10-18(24-22(23-3)29-15-21(25)26)20-12-11-19(28-20)16-8-7-9-17(14-16)27-13-5-2/h7-9,11-12,14H,4-6,10,13,15H2,1-3H3,(H,25,26). The minimum Gasteiger partial charge on any atom is -0.494 e. The van der Waals surface area contributed by atoms with Crippen LogP contribution in [0.15, 0.2) is 50.8 Å². The lowest BCUT2D eigenvalue weighted by Crippen LogP contribution is -2.06. The third-order valence-electron chi connectivity index (χ3n) is 4.00. The highest BCUT2D eigenvalue weighted by Gasteiger charge is 2.13. The van der Waals surface area contributed by atoms with Crippen LogP contribution in [0.3, 0.4) is 0 Å². The van der Waals surface area contributed by atoms with E-state index in [0.717, 1.165) is 60.2 Å². The van der Waals surface area contributed by atoms with Crippen LogP contribution in [0.5, 0.6) is 5.75 Å². The molecule has 0 unspecified atom stereocenters. The molecule has 0 bridgehead atoms. The van der Waals surface area contributed by atoms with Gasteiger partial charge in [-0.15, -0.1) is 0 Å². The van der Waals surface area contributed by atoms with Gasteiger partial charge in [0.25, 0.3) is 0 Å². The number of amidine groups is 1. The number of furan rings is 1. The predicted octanol–water partition coefficient (Wildman–Crippen LogP) is 5.52. The fourth-order valence-corrected chi connectivity index (χ4v) is 3.13. The maximum absolute atomic E-state index is 10.8. The molecule has 0 saturated heterocycles. The maximum atomic E-state index is 10.8. The lowest BCUT2D eigenvalue weighted by molar-refractivity contribution is -0.133. The summed E-state index contributed by atoms with van der Waals surface area (Å²) in [4.78, 5) is 19.5. The molecule has 0 spiro atoms. The quantitative estimate of drug-likeness (QED) is 0.407. The van der Waals surface area contributed by atoms with Crippen LogP contribution in [0.25, 0.3) is 11.3 Å². The summed E-state index contributed by atoms with van der Waals surface area (Å²) in [5, 5.41) is 9.34. The van der Waals surface area contributed by atoms with E-state index in [1.165, 1.54) is 0 Å². The number of hydrogen-bond acceptors (Lipinski definition) is 5. The Bertz CT molecular complexity index is 858. The molecule has 0 fully saturated rings. The third kappa shape index (κ3) is 7.42. The molecule has 0 saturated carbocycles. The molecule has 0 atom stereocenters. The second-order valence-corrected chi connectivity index (χ2v) is 7.33. The van der Waals surface area contributed by atoms with Crippen molar-refractivity contribution < 1.29 is 19.1 Å². The van der Waals surface area contributed by atoms with Gasteiger partial charge in [0.05, 0.1) is 18.1 Å². The zero-order valence-corrected chi connectivity index (χ0v) is 18.0. The van der Waals surface area contributed by atoms with Crippen molar-refractivity contribution in [3.63, 3.8) is 0 Å². The summed E-state index contributed by atoms with van der Waals surface area (Å²) < 4.78 is 11.8. The van der Waals surface area contributed by atoms with Crippen LogP contribution < -0.4 is 4.74 Å². The fourth-order valence-electron chi connectivity index (χ4n) is 2.57. The van der Waals surface area contributed by atoms with Gasteiger partial charge in [-0.25, -0.2) is 4.99 Å². The Kier molecular flexibility index (Phi) is 9.50. The number of carbonyl (C=O) groups is 1. The highest BCUT2D eigenvalue weighted by molar-refractivity contribution is 8.14. The van der Waals surface area contributed by atoms with Gasteiger partial charge in [-0.05, 0) is 43.5 Å². The highest BCUT2D eigenvalue weighted by atomic mass is 32.2. The minimum atomic E-state index is -0.896. The number of thioether (sulfide) groups is 1. The molecule has 0 amide bonds. The molecule has 6 nitrogen and oxygen atoms in total. The van der Waals surface area contributed by atoms with Gasteiger partial charge in [-0.3, -0.25) is 9.79 Å². The van der Waals surface area contributed by atoms with Crippen molar-refractivity contribution in [2.75, 3.05) is 19.4 Å². The summed E-state index contributed by atoms with van der Waals surface area (Å²) >= 11 is 1.10. The molecule has 2 aromatic rings. The first-order valence-corrected chi connectivity index (χ1v) is 10.8. The molecule has 0 radical (unpaired) electrons. The molecule has 1 N–H and O–H groups in total. The van der Waals surface area contributed by atoms with Crippen molar-refractivity contribution in [1.82, 2.24) is 0 Å². The van der Waals surface area contributed by atoms with Crippen LogP contribution in [0, 0.1) is 0 Å². The fraction of sp³-hybridized carbons (Fsp3) is 0.409. The lowest BCUT2D eigenvalue weighted by atomic mass is 10.1. The van der Waals surface area contributed by atoms with Crippen molar-refractivity contribution in [2.45, 2.75) is 39.5 Å². The lowest BCUT2D eigenvalue weighted by Gasteiger charge is -2.06. The topological polar surface area (TPSA) is 84.4 Å². The SMILES string of the molecule is CCCCC(=NC(=NC)SCC(=O)O)c1ccc(-c2cccc(OCCC)c2)o1. The van der Waals surface area contributed by atoms with Crippen LogP contribution >= 0.6 is 11.8 Å². The summed E-state index contributed by atoms with van der Waals surface area (Å²) in [6.07, 6.45) is 3.66. The molecule has 1 aromatic carbocycles. The average molecular weight is 417 g/mol. The van der Waals surface area contributed by atoms with Gasteiger partial charge >= 0.3 is 5.97 Å². The van der Waals surface area contributed by atoms with E-state index in [9.17, 15) is 4.79 Å². The maximum Gasteiger partial charge on any atom is 0.313 e. The van der Waals surface area contributed by atoms with E-state index in [2.05, 4.69) is 23.8 Å². The molecule has 1 aromatic heterocycles. The number of carboxylic acids is 1. The van der Waals surface area contributed by atoms with Crippen LogP contribution in [0.1, 0.15) is 45.3 Å². The number of aliphatic carboxylic acids is 1. The van der Waals surface area contributed by atoms with Crippen molar-refractivity contribution in [3.05, 3.63) is 42.2 Å². The Morgan fingerprint density at radius 3 is 2.72 bits per heavy atom. The number of rotatable bonds is 10. The van der Waals surface area contributed by atoms with Gasteiger partial charge in [0.1, 0.15) is 17.3 Å². The Labute approximate surface area is 176 Å². The summed E-state index contributed by atoms with van der Waals surface area (Å²) in [5.41, 5.74) is 1.71. The van der Waals surface area contributed by atoms with Gasteiger partial charge < -0.3 is 14.3 Å². The Morgan fingerprint density at radius 1 is 1.21 bits per heavy atom. The zero-order valence-electron chi connectivity index (χ0n) is 17.2. The van der Waals surface area contributed by atoms with Gasteiger partial charge in [-0.1, -0.05) is 44.2 Å². The first-order valence-electron chi connectivity index (χ1n) is 9.79. The summed E-state index contributed by atoms with van der Waals surface area (Å²) in [7, 11) is 1.61. The average Bonchev–Trinajstić information content (AvgIpc) is 3.22. The molecule has 29 heavy (non-hydrogen) atoms. The molecule has 1 heterocycles. The first kappa shape index (κ1) is 22.7. The van der Waals surface area contributed by atoms with E-state index in [-0.39, 0.29) is 5.75 Å². The van der Waals surface area contributed by atoms with Crippen molar-refractivity contribution in [1.29, 1.82) is 0 Å². The molecular formula is C22H28N2O4S. The van der Waals surface area contributed by atoms with E-state index in [0.29, 0.717) is 17.5 Å². The monoisotopic (exact) mass is 416 g/mol. The van der Waals surface area contributed by atoms with Crippen LogP contribution in [0.2, 0.25) is 0 Å². The van der Waals surface area contributed by atoms with Crippen molar-refractivity contribution >= 4 is 28.6 Å². The molecule has 156 valence electrons. The highest BCUT2D eigenvalue weighted by Crippen LogP contribution is 2.27. The van der Waals surface area contributed by atoms with Crippen LogP contribution in [-0.2, 0) is 4.79 Å². The van der Waals surface area contributed by atoms with E-state index < -0.39 is 5.97 Å². The summed E-state index contributed by atoms with van der Waals surface area (Å²) in [5.74, 6) is 1.25. The summed E-state index contributed by atoms with van der Waals surface area (Å²) in [6.45, 7) is 4.86. The van der Waals surface area contributed by atoms with Gasteiger partial charge in [0.15, 0.2) is 5.17 Å². The second-order valence-electron chi connectivity index (χ2n) is 6.39. The van der Waals surface area contributed by atoms with E-state index in [4.69, 9.17) is 14.3 Å². The third-order valence-corrected chi connectivity index (χ3v) is 4.92. The normalized spacial score (nSPS) is 12.2.